The number of nitrogens with zero attached hydrogens (tertiary/aromatic N) is 1. The minimum Gasteiger partial charge on any atom is -0.491 e. The molecule has 2 rings (SSSR count). The highest BCUT2D eigenvalue weighted by Crippen LogP contribution is 2.38. The molecule has 0 N–H and O–H groups in total. The molecule has 2 aromatic carbocycles. The lowest BCUT2D eigenvalue weighted by Gasteiger charge is -2.34. The highest BCUT2D eigenvalue weighted by atomic mass is 16.7. The Labute approximate surface area is 178 Å². The number of hydroxylamine groups is 3. The lowest BCUT2D eigenvalue weighted by molar-refractivity contribution is -1.09. The van der Waals surface area contributed by atoms with Crippen LogP contribution in [0.15, 0.2) is 48.5 Å². The largest absolute Gasteiger partial charge is 0.491 e. The minimum absolute atomic E-state index is 0.142. The van der Waals surface area contributed by atoms with Gasteiger partial charge in [-0.1, -0.05) is 71.0 Å². The molecule has 0 aliphatic heterocycles. The maximum absolute atomic E-state index is 6.03. The van der Waals surface area contributed by atoms with Gasteiger partial charge < -0.3 is 4.74 Å². The van der Waals surface area contributed by atoms with Crippen LogP contribution in [0, 0.1) is 12.3 Å². The van der Waals surface area contributed by atoms with Crippen LogP contribution < -0.4 is 4.74 Å². The number of hydrogen-bond donors (Lipinski definition) is 0. The zero-order valence-corrected chi connectivity index (χ0v) is 19.7. The van der Waals surface area contributed by atoms with Crippen molar-refractivity contribution in [3.63, 3.8) is 0 Å². The van der Waals surface area contributed by atoms with Crippen molar-refractivity contribution in [1.29, 1.82) is 0 Å². The van der Waals surface area contributed by atoms with Crippen molar-refractivity contribution in [3.05, 3.63) is 65.2 Å². The van der Waals surface area contributed by atoms with Crippen molar-refractivity contribution in [2.75, 3.05) is 27.3 Å². The first-order chi connectivity index (χ1) is 13.4. The van der Waals surface area contributed by atoms with Crippen LogP contribution in [0.1, 0.15) is 57.7 Å². The normalized spacial score (nSPS) is 12.8. The second-order valence-corrected chi connectivity index (χ2v) is 10.5. The predicted octanol–water partition coefficient (Wildman–Crippen LogP) is 6.30. The Balaban J connectivity index is 1.87. The fourth-order valence-electron chi connectivity index (χ4n) is 4.42. The quantitative estimate of drug-likeness (QED) is 0.280. The highest BCUT2D eigenvalue weighted by Gasteiger charge is 2.28. The first-order valence-corrected chi connectivity index (χ1v) is 10.6. The minimum atomic E-state index is 0.142. The van der Waals surface area contributed by atoms with Gasteiger partial charge in [0.1, 0.15) is 25.5 Å². The lowest BCUT2D eigenvalue weighted by atomic mass is 9.71. The van der Waals surface area contributed by atoms with Gasteiger partial charge in [0, 0.05) is 5.56 Å². The van der Waals surface area contributed by atoms with Gasteiger partial charge in [0.15, 0.2) is 0 Å². The van der Waals surface area contributed by atoms with E-state index in [-0.39, 0.29) is 5.41 Å². The maximum atomic E-state index is 6.03. The summed E-state index contributed by atoms with van der Waals surface area (Å²) in [7, 11) is 4.15. The van der Waals surface area contributed by atoms with Gasteiger partial charge in [-0.15, -0.1) is 0 Å². The van der Waals surface area contributed by atoms with E-state index in [1.807, 2.05) is 6.07 Å². The fraction of sp³-hybridized carbons (Fsp3) is 0.538. The van der Waals surface area contributed by atoms with Crippen LogP contribution in [-0.4, -0.2) is 32.0 Å². The van der Waals surface area contributed by atoms with E-state index < -0.39 is 0 Å². The zero-order chi connectivity index (χ0) is 21.7. The molecular weight excluding hydrogens is 358 g/mol. The molecule has 29 heavy (non-hydrogen) atoms. The van der Waals surface area contributed by atoms with Gasteiger partial charge in [-0.25, -0.2) is 0 Å². The van der Waals surface area contributed by atoms with Crippen LogP contribution in [0.5, 0.6) is 5.75 Å². The van der Waals surface area contributed by atoms with Gasteiger partial charge >= 0.3 is 0 Å². The van der Waals surface area contributed by atoms with Crippen LogP contribution in [0.25, 0.3) is 0 Å². The first kappa shape index (κ1) is 23.4. The Hall–Kier alpha value is -1.84. The van der Waals surface area contributed by atoms with E-state index in [1.165, 1.54) is 16.7 Å². The van der Waals surface area contributed by atoms with Gasteiger partial charge in [-0.05, 0) is 47.4 Å². The number of hydrogen-bond acceptors (Lipinski definition) is 2. The molecule has 160 valence electrons. The summed E-state index contributed by atoms with van der Waals surface area (Å²) in [6.07, 6.45) is 1.14. The molecule has 2 aromatic rings. The molecule has 0 unspecified atom stereocenters. The van der Waals surface area contributed by atoms with Crippen molar-refractivity contribution >= 4 is 0 Å². The zero-order valence-electron chi connectivity index (χ0n) is 19.7. The summed E-state index contributed by atoms with van der Waals surface area (Å²) in [5.74, 6) is 0.912. The number of rotatable bonds is 9. The molecule has 0 bridgehead atoms. The van der Waals surface area contributed by atoms with E-state index in [4.69, 9.17) is 9.57 Å². The Bertz CT molecular complexity index is 773. The molecule has 0 saturated heterocycles. The monoisotopic (exact) mass is 398 g/mol. The Kier molecular flexibility index (Phi) is 7.53. The van der Waals surface area contributed by atoms with Gasteiger partial charge in [-0.2, -0.15) is 9.48 Å². The smallest absolute Gasteiger partial charge is 0.140 e. The van der Waals surface area contributed by atoms with Crippen LogP contribution in [0.3, 0.4) is 0 Å². The highest BCUT2D eigenvalue weighted by molar-refractivity contribution is 5.39. The molecule has 0 heterocycles. The third-order valence-electron chi connectivity index (χ3n) is 5.10. The summed E-state index contributed by atoms with van der Waals surface area (Å²) in [6, 6.07) is 16.9. The van der Waals surface area contributed by atoms with Crippen molar-refractivity contribution in [2.45, 2.75) is 59.9 Å². The molecule has 0 fully saturated rings. The Morgan fingerprint density at radius 1 is 0.862 bits per heavy atom. The van der Waals surface area contributed by atoms with Gasteiger partial charge in [0.25, 0.3) is 0 Å². The molecule has 0 saturated carbocycles. The molecule has 0 aliphatic carbocycles. The topological polar surface area (TPSA) is 18.5 Å². The number of aryl methyl sites for hydroxylation is 1. The van der Waals surface area contributed by atoms with E-state index in [0.29, 0.717) is 23.3 Å². The molecule has 0 radical (unpaired) electrons. The molecule has 3 nitrogen and oxygen atoms in total. The molecule has 0 spiro atoms. The first-order valence-electron chi connectivity index (χ1n) is 10.6. The molecule has 3 heteroatoms. The maximum Gasteiger partial charge on any atom is 0.140 e. The standard InChI is InChI=1S/C26H40NO2/c1-21-18-23(14-15-24(21)26(5,6)20-25(2,3)4)28-16-17-29-27(7,8)19-22-12-10-9-11-13-22/h9-15,18H,16-17,19-20H2,1-8H3/q+1. The molecule has 0 amide bonds. The van der Waals surface area contributed by atoms with Crippen LogP contribution in [0.2, 0.25) is 0 Å². The lowest BCUT2D eigenvalue weighted by Crippen LogP contribution is -2.39. The van der Waals surface area contributed by atoms with Crippen LogP contribution in [-0.2, 0) is 16.8 Å². The Morgan fingerprint density at radius 2 is 1.52 bits per heavy atom. The summed E-state index contributed by atoms with van der Waals surface area (Å²) >= 11 is 0. The summed E-state index contributed by atoms with van der Waals surface area (Å²) in [5, 5.41) is 0. The second-order valence-electron chi connectivity index (χ2n) is 10.5. The molecule has 0 atom stereocenters. The second kappa shape index (κ2) is 9.32. The third kappa shape index (κ3) is 7.83. The van der Waals surface area contributed by atoms with Gasteiger partial charge in [0.2, 0.25) is 0 Å². The average Bonchev–Trinajstić information content (AvgIpc) is 2.57. The average molecular weight is 399 g/mol. The molecule has 0 aromatic heterocycles. The Morgan fingerprint density at radius 3 is 2.10 bits per heavy atom. The summed E-state index contributed by atoms with van der Waals surface area (Å²) in [6.45, 7) is 15.7. The van der Waals surface area contributed by atoms with Crippen molar-refractivity contribution in [2.24, 2.45) is 5.41 Å². The summed E-state index contributed by atoms with van der Waals surface area (Å²) in [5.41, 5.74) is 4.40. The summed E-state index contributed by atoms with van der Waals surface area (Å²) < 4.78 is 6.44. The number of ether oxygens (including phenoxy) is 1. The van der Waals surface area contributed by atoms with Crippen molar-refractivity contribution < 1.29 is 14.2 Å². The molecular formula is C26H40NO2+. The predicted molar refractivity (Wildman–Crippen MR) is 122 cm³/mol. The van der Waals surface area contributed by atoms with E-state index in [1.54, 1.807) is 0 Å². The van der Waals surface area contributed by atoms with Gasteiger partial charge in [-0.3, -0.25) is 0 Å². The number of quaternary nitrogens is 1. The SMILES string of the molecule is Cc1cc(OCCO[N+](C)(C)Cc2ccccc2)ccc1C(C)(C)CC(C)(C)C. The third-order valence-corrected chi connectivity index (χ3v) is 5.10. The van der Waals surface area contributed by atoms with Crippen molar-refractivity contribution in [3.8, 4) is 5.75 Å². The van der Waals surface area contributed by atoms with Crippen LogP contribution >= 0.6 is 0 Å². The van der Waals surface area contributed by atoms with Crippen molar-refractivity contribution in [1.82, 2.24) is 0 Å². The molecule has 0 aliphatic rings. The summed E-state index contributed by atoms with van der Waals surface area (Å²) in [4.78, 5) is 6.03. The van der Waals surface area contributed by atoms with E-state index >= 15 is 0 Å². The van der Waals surface area contributed by atoms with E-state index in [2.05, 4.69) is 98.1 Å². The van der Waals surface area contributed by atoms with E-state index in [0.717, 1.165) is 18.7 Å². The fourth-order valence-corrected chi connectivity index (χ4v) is 4.42. The van der Waals surface area contributed by atoms with E-state index in [9.17, 15) is 0 Å². The number of benzene rings is 2. The van der Waals surface area contributed by atoms with Gasteiger partial charge in [0.05, 0.1) is 14.1 Å². The van der Waals surface area contributed by atoms with Crippen LogP contribution in [0.4, 0.5) is 0 Å².